The van der Waals surface area contributed by atoms with Gasteiger partial charge in [0.05, 0.1) is 10.7 Å². The smallest absolute Gasteiger partial charge is 0.348 e. The summed E-state index contributed by atoms with van der Waals surface area (Å²) in [7, 11) is 0. The molecule has 1 aromatic carbocycles. The monoisotopic (exact) mass is 414 g/mol. The number of thiophene rings is 1. The van der Waals surface area contributed by atoms with E-state index in [9.17, 15) is 14.0 Å². The molecule has 0 saturated heterocycles. The van der Waals surface area contributed by atoms with E-state index < -0.39 is 5.97 Å². The van der Waals surface area contributed by atoms with Crippen LogP contribution < -0.4 is 5.56 Å². The Hall–Kier alpha value is -3.03. The van der Waals surface area contributed by atoms with Crippen LogP contribution in [0.2, 0.25) is 5.02 Å². The van der Waals surface area contributed by atoms with Gasteiger partial charge in [-0.1, -0.05) is 23.7 Å². The number of nitrogens with zero attached hydrogens (tertiary/aromatic N) is 2. The third-order valence-corrected chi connectivity index (χ3v) is 5.30. The Kier molecular flexibility index (Phi) is 4.93. The fraction of sp³-hybridized carbons (Fsp3) is 0.0500. The molecule has 5 nitrogen and oxygen atoms in total. The maximum Gasteiger partial charge on any atom is 0.348 e. The van der Waals surface area contributed by atoms with Gasteiger partial charge in [-0.25, -0.2) is 14.2 Å². The zero-order valence-electron chi connectivity index (χ0n) is 14.3. The highest BCUT2D eigenvalue weighted by Crippen LogP contribution is 2.28. The van der Waals surface area contributed by atoms with Crippen LogP contribution in [0.15, 0.2) is 65.6 Å². The number of rotatable bonds is 4. The number of ether oxygens (including phenoxy) is 1. The molecule has 3 aromatic heterocycles. The average molecular weight is 415 g/mol. The first-order valence-electron chi connectivity index (χ1n) is 8.20. The van der Waals surface area contributed by atoms with Gasteiger partial charge in [0.25, 0.3) is 5.56 Å². The normalized spacial score (nSPS) is 10.9. The van der Waals surface area contributed by atoms with Crippen molar-refractivity contribution in [2.24, 2.45) is 0 Å². The highest BCUT2D eigenvalue weighted by Gasteiger charge is 2.13. The number of esters is 1. The first kappa shape index (κ1) is 18.3. The number of fused-ring (bicyclic) bond motifs is 1. The van der Waals surface area contributed by atoms with Crippen molar-refractivity contribution in [3.8, 4) is 10.4 Å². The fourth-order valence-electron chi connectivity index (χ4n) is 2.63. The van der Waals surface area contributed by atoms with Gasteiger partial charge in [0.15, 0.2) is 0 Å². The molecule has 0 aliphatic rings. The fourth-order valence-corrected chi connectivity index (χ4v) is 3.69. The van der Waals surface area contributed by atoms with E-state index in [1.165, 1.54) is 40.1 Å². The molecule has 0 radical (unpaired) electrons. The second kappa shape index (κ2) is 7.53. The van der Waals surface area contributed by atoms with Crippen LogP contribution in [0.25, 0.3) is 16.1 Å². The summed E-state index contributed by atoms with van der Waals surface area (Å²) in [6.45, 7) is -0.128. The van der Waals surface area contributed by atoms with Gasteiger partial charge in [0.2, 0.25) is 0 Å². The van der Waals surface area contributed by atoms with E-state index in [-0.39, 0.29) is 18.0 Å². The van der Waals surface area contributed by atoms with Crippen molar-refractivity contribution < 1.29 is 13.9 Å². The molecule has 0 amide bonds. The van der Waals surface area contributed by atoms with E-state index in [1.807, 2.05) is 0 Å². The molecule has 0 saturated carbocycles. The van der Waals surface area contributed by atoms with Crippen LogP contribution in [0.3, 0.4) is 0 Å². The number of carbonyl (C=O) groups excluding carboxylic acids is 1. The van der Waals surface area contributed by atoms with Crippen LogP contribution in [0, 0.1) is 5.82 Å². The van der Waals surface area contributed by atoms with Gasteiger partial charge in [0.1, 0.15) is 22.9 Å². The Bertz CT molecular complexity index is 1230. The number of carbonyl (C=O) groups is 1. The van der Waals surface area contributed by atoms with Crippen LogP contribution in [-0.2, 0) is 11.3 Å². The molecular weight excluding hydrogens is 403 g/mol. The second-order valence-electron chi connectivity index (χ2n) is 5.91. The number of benzene rings is 1. The topological polar surface area (TPSA) is 60.7 Å². The van der Waals surface area contributed by atoms with Crippen LogP contribution in [0.4, 0.5) is 4.39 Å². The summed E-state index contributed by atoms with van der Waals surface area (Å²) in [6, 6.07) is 14.0. The molecule has 140 valence electrons. The minimum Gasteiger partial charge on any atom is -0.455 e. The summed E-state index contributed by atoms with van der Waals surface area (Å²) in [5.41, 5.74) is 1.26. The summed E-state index contributed by atoms with van der Waals surface area (Å²) in [5, 5.41) is 0.422. The largest absolute Gasteiger partial charge is 0.455 e. The minimum atomic E-state index is -0.517. The van der Waals surface area contributed by atoms with Gasteiger partial charge in [0, 0.05) is 17.1 Å². The highest BCUT2D eigenvalue weighted by molar-refractivity contribution is 7.17. The molecule has 0 spiro atoms. The Balaban J connectivity index is 1.49. The Labute approximate surface area is 167 Å². The highest BCUT2D eigenvalue weighted by atomic mass is 35.5. The lowest BCUT2D eigenvalue weighted by Gasteiger charge is -2.05. The molecule has 4 aromatic rings. The summed E-state index contributed by atoms with van der Waals surface area (Å²) >= 11 is 7.13. The van der Waals surface area contributed by atoms with Gasteiger partial charge in [-0.3, -0.25) is 9.20 Å². The third kappa shape index (κ3) is 3.81. The molecule has 0 unspecified atom stereocenters. The summed E-state index contributed by atoms with van der Waals surface area (Å²) < 4.78 is 19.6. The molecule has 3 heterocycles. The second-order valence-corrected chi connectivity index (χ2v) is 7.43. The molecule has 0 bridgehead atoms. The molecule has 0 fully saturated rings. The first-order chi connectivity index (χ1) is 13.5. The quantitative estimate of drug-likeness (QED) is 0.459. The van der Waals surface area contributed by atoms with E-state index in [0.29, 0.717) is 21.2 Å². The lowest BCUT2D eigenvalue weighted by atomic mass is 10.2. The maximum atomic E-state index is 13.0. The molecule has 0 aliphatic carbocycles. The van der Waals surface area contributed by atoms with E-state index >= 15 is 0 Å². The van der Waals surface area contributed by atoms with Crippen LogP contribution in [0.1, 0.15) is 15.4 Å². The standard InChI is InChI=1S/C20H12ClFN2O3S/c21-13-3-8-18-23-15(9-19(25)24(18)10-13)11-27-20(26)17-7-6-16(28-17)12-1-4-14(22)5-2-12/h1-10H,11H2. The van der Waals surface area contributed by atoms with E-state index in [0.717, 1.165) is 10.4 Å². The van der Waals surface area contributed by atoms with E-state index in [4.69, 9.17) is 16.3 Å². The summed E-state index contributed by atoms with van der Waals surface area (Å²) in [4.78, 5) is 30.0. The number of hydrogen-bond acceptors (Lipinski definition) is 5. The Morgan fingerprint density at radius 1 is 1.14 bits per heavy atom. The molecule has 0 atom stereocenters. The first-order valence-corrected chi connectivity index (χ1v) is 9.40. The van der Waals surface area contributed by atoms with Crippen molar-refractivity contribution in [2.75, 3.05) is 0 Å². The molecular formula is C20H12ClFN2O3S. The van der Waals surface area contributed by atoms with Crippen molar-refractivity contribution in [1.29, 1.82) is 0 Å². The molecule has 8 heteroatoms. The van der Waals surface area contributed by atoms with E-state index in [2.05, 4.69) is 4.98 Å². The number of aromatic nitrogens is 2. The van der Waals surface area contributed by atoms with Gasteiger partial charge in [-0.15, -0.1) is 11.3 Å². The van der Waals surface area contributed by atoms with Gasteiger partial charge in [-0.05, 0) is 42.0 Å². The van der Waals surface area contributed by atoms with Crippen LogP contribution >= 0.6 is 22.9 Å². The molecule has 0 aliphatic heterocycles. The predicted octanol–water partition coefficient (Wildman–Crippen LogP) is 4.57. The third-order valence-electron chi connectivity index (χ3n) is 3.96. The van der Waals surface area contributed by atoms with Gasteiger partial charge < -0.3 is 4.74 Å². The molecule has 4 rings (SSSR count). The zero-order valence-corrected chi connectivity index (χ0v) is 15.8. The average Bonchev–Trinajstić information content (AvgIpc) is 3.17. The van der Waals surface area contributed by atoms with Crippen molar-refractivity contribution in [3.63, 3.8) is 0 Å². The minimum absolute atomic E-state index is 0.128. The SMILES string of the molecule is O=C(OCc1cc(=O)n2cc(Cl)ccc2n1)c1ccc(-c2ccc(F)cc2)s1. The molecule has 0 N–H and O–H groups in total. The number of pyridine rings is 1. The van der Waals surface area contributed by atoms with Crippen molar-refractivity contribution in [2.45, 2.75) is 6.61 Å². The Morgan fingerprint density at radius 3 is 2.71 bits per heavy atom. The van der Waals surface area contributed by atoms with Gasteiger partial charge in [-0.2, -0.15) is 0 Å². The maximum absolute atomic E-state index is 13.0. The van der Waals surface area contributed by atoms with Crippen molar-refractivity contribution in [3.05, 3.63) is 92.6 Å². The van der Waals surface area contributed by atoms with Crippen molar-refractivity contribution in [1.82, 2.24) is 9.38 Å². The lowest BCUT2D eigenvalue weighted by molar-refractivity contribution is 0.0473. The van der Waals surface area contributed by atoms with E-state index in [1.54, 1.807) is 36.4 Å². The van der Waals surface area contributed by atoms with Crippen LogP contribution in [-0.4, -0.2) is 15.4 Å². The van der Waals surface area contributed by atoms with Crippen LogP contribution in [0.5, 0.6) is 0 Å². The number of hydrogen-bond donors (Lipinski definition) is 0. The molecule has 28 heavy (non-hydrogen) atoms. The number of halogens is 2. The summed E-state index contributed by atoms with van der Waals surface area (Å²) in [5.74, 6) is -0.836. The zero-order chi connectivity index (χ0) is 19.7. The lowest BCUT2D eigenvalue weighted by Crippen LogP contribution is -2.16. The summed E-state index contributed by atoms with van der Waals surface area (Å²) in [6.07, 6.45) is 1.48. The van der Waals surface area contributed by atoms with Gasteiger partial charge >= 0.3 is 5.97 Å². The van der Waals surface area contributed by atoms with Crippen molar-refractivity contribution >= 4 is 34.6 Å². The predicted molar refractivity (Wildman–Crippen MR) is 105 cm³/mol. The Morgan fingerprint density at radius 2 is 1.93 bits per heavy atom.